The summed E-state index contributed by atoms with van der Waals surface area (Å²) < 4.78 is 6.32. The van der Waals surface area contributed by atoms with Crippen LogP contribution in [0.3, 0.4) is 0 Å². The van der Waals surface area contributed by atoms with Gasteiger partial charge in [-0.15, -0.1) is 0 Å². The van der Waals surface area contributed by atoms with Crippen LogP contribution in [0.4, 0.5) is 0 Å². The SMILES string of the molecule is O=C1CN(C(=O)[C@@H]2[C@@H]3CC[C@]4(CC(=O)c5ccccc5O4)[C@H]32)CCN1. The van der Waals surface area contributed by atoms with Crippen molar-refractivity contribution >= 4 is 17.6 Å². The van der Waals surface area contributed by atoms with Gasteiger partial charge in [-0.25, -0.2) is 0 Å². The van der Waals surface area contributed by atoms with Crippen LogP contribution >= 0.6 is 0 Å². The summed E-state index contributed by atoms with van der Waals surface area (Å²) in [6, 6.07) is 7.37. The molecule has 4 aliphatic rings. The van der Waals surface area contributed by atoms with E-state index in [0.717, 1.165) is 12.8 Å². The molecule has 4 atom stereocenters. The number of carbonyl (C=O) groups excluding carboxylic acids is 3. The second-order valence-corrected chi connectivity index (χ2v) is 7.63. The minimum atomic E-state index is -0.533. The molecule has 1 N–H and O–H groups in total. The Hall–Kier alpha value is -2.37. The fourth-order valence-electron chi connectivity index (χ4n) is 5.14. The number of Topliss-reactive ketones (excluding diaryl/α,β-unsaturated/α-hetero) is 1. The molecule has 130 valence electrons. The summed E-state index contributed by atoms with van der Waals surface area (Å²) >= 11 is 0. The van der Waals surface area contributed by atoms with E-state index in [1.54, 1.807) is 11.0 Å². The van der Waals surface area contributed by atoms with E-state index in [4.69, 9.17) is 4.74 Å². The van der Waals surface area contributed by atoms with E-state index in [1.807, 2.05) is 18.2 Å². The number of piperazine rings is 1. The van der Waals surface area contributed by atoms with Crippen LogP contribution in [0.5, 0.6) is 5.75 Å². The predicted octanol–water partition coefficient (Wildman–Crippen LogP) is 1.00. The number of nitrogens with one attached hydrogen (secondary N) is 1. The number of para-hydroxylation sites is 1. The molecule has 2 aliphatic heterocycles. The minimum Gasteiger partial charge on any atom is -0.486 e. The maximum absolute atomic E-state index is 12.9. The van der Waals surface area contributed by atoms with Crippen LogP contribution in [-0.4, -0.2) is 47.7 Å². The summed E-state index contributed by atoms with van der Waals surface area (Å²) in [5, 5.41) is 2.75. The molecule has 6 heteroatoms. The van der Waals surface area contributed by atoms with Crippen molar-refractivity contribution in [3.63, 3.8) is 0 Å². The molecule has 2 aliphatic carbocycles. The Labute approximate surface area is 145 Å². The summed E-state index contributed by atoms with van der Waals surface area (Å²) in [6.45, 7) is 1.22. The molecule has 1 saturated heterocycles. The summed E-state index contributed by atoms with van der Waals surface area (Å²) in [4.78, 5) is 38.7. The fraction of sp³-hybridized carbons (Fsp3) is 0.526. The highest BCUT2D eigenvalue weighted by Crippen LogP contribution is 2.66. The van der Waals surface area contributed by atoms with Crippen LogP contribution in [0, 0.1) is 17.8 Å². The van der Waals surface area contributed by atoms with E-state index >= 15 is 0 Å². The van der Waals surface area contributed by atoms with Gasteiger partial charge in [0.15, 0.2) is 5.78 Å². The molecule has 5 rings (SSSR count). The zero-order valence-electron chi connectivity index (χ0n) is 13.9. The van der Waals surface area contributed by atoms with Crippen molar-refractivity contribution in [3.8, 4) is 5.75 Å². The molecule has 3 fully saturated rings. The highest BCUT2D eigenvalue weighted by Gasteiger charge is 2.71. The average molecular weight is 340 g/mol. The molecule has 0 unspecified atom stereocenters. The van der Waals surface area contributed by atoms with Gasteiger partial charge in [0.2, 0.25) is 11.8 Å². The normalized spacial score (nSPS) is 35.7. The summed E-state index contributed by atoms with van der Waals surface area (Å²) in [5.41, 5.74) is 0.113. The van der Waals surface area contributed by atoms with Gasteiger partial charge in [0.1, 0.15) is 11.4 Å². The van der Waals surface area contributed by atoms with Gasteiger partial charge < -0.3 is 15.0 Å². The van der Waals surface area contributed by atoms with Crippen LogP contribution in [0.1, 0.15) is 29.6 Å². The summed E-state index contributed by atoms with van der Waals surface area (Å²) in [7, 11) is 0. The van der Waals surface area contributed by atoms with E-state index in [9.17, 15) is 14.4 Å². The van der Waals surface area contributed by atoms with Crippen LogP contribution in [0.25, 0.3) is 0 Å². The third kappa shape index (κ3) is 2.12. The van der Waals surface area contributed by atoms with E-state index in [-0.39, 0.29) is 41.9 Å². The molecule has 2 saturated carbocycles. The van der Waals surface area contributed by atoms with Crippen molar-refractivity contribution in [2.24, 2.45) is 17.8 Å². The number of rotatable bonds is 1. The zero-order valence-corrected chi connectivity index (χ0v) is 13.9. The quantitative estimate of drug-likeness (QED) is 0.828. The molecule has 25 heavy (non-hydrogen) atoms. The van der Waals surface area contributed by atoms with Gasteiger partial charge in [-0.2, -0.15) is 0 Å². The van der Waals surface area contributed by atoms with E-state index in [0.29, 0.717) is 30.8 Å². The number of benzene rings is 1. The molecule has 2 heterocycles. The van der Waals surface area contributed by atoms with Gasteiger partial charge in [-0.1, -0.05) is 12.1 Å². The fourth-order valence-corrected chi connectivity index (χ4v) is 5.14. The molecule has 1 aromatic carbocycles. The highest BCUT2D eigenvalue weighted by atomic mass is 16.5. The van der Waals surface area contributed by atoms with Crippen molar-refractivity contribution in [2.45, 2.75) is 24.9 Å². The van der Waals surface area contributed by atoms with Gasteiger partial charge in [-0.05, 0) is 30.9 Å². The number of nitrogens with zero attached hydrogens (tertiary/aromatic N) is 1. The van der Waals surface area contributed by atoms with Gasteiger partial charge in [-0.3, -0.25) is 14.4 Å². The maximum atomic E-state index is 12.9. The van der Waals surface area contributed by atoms with Crippen molar-refractivity contribution in [2.75, 3.05) is 19.6 Å². The Balaban J connectivity index is 1.39. The summed E-state index contributed by atoms with van der Waals surface area (Å²) in [5.74, 6) is 1.00. The first-order chi connectivity index (χ1) is 12.1. The second-order valence-electron chi connectivity index (χ2n) is 7.63. The van der Waals surface area contributed by atoms with E-state index < -0.39 is 5.60 Å². The first-order valence-electron chi connectivity index (χ1n) is 8.96. The van der Waals surface area contributed by atoms with Crippen LogP contribution in [-0.2, 0) is 9.59 Å². The van der Waals surface area contributed by atoms with Crippen molar-refractivity contribution in [3.05, 3.63) is 29.8 Å². The van der Waals surface area contributed by atoms with E-state index in [2.05, 4.69) is 5.32 Å². The molecule has 1 spiro atoms. The Morgan fingerprint density at radius 1 is 1.28 bits per heavy atom. The molecular weight excluding hydrogens is 320 g/mol. The molecule has 6 nitrogen and oxygen atoms in total. The molecule has 1 aromatic rings. The lowest BCUT2D eigenvalue weighted by Gasteiger charge is -2.37. The van der Waals surface area contributed by atoms with Crippen molar-refractivity contribution in [1.29, 1.82) is 0 Å². The predicted molar refractivity (Wildman–Crippen MR) is 88.0 cm³/mol. The van der Waals surface area contributed by atoms with Crippen LogP contribution in [0.2, 0.25) is 0 Å². The van der Waals surface area contributed by atoms with Gasteiger partial charge in [0.25, 0.3) is 0 Å². The second kappa shape index (κ2) is 5.07. The number of amides is 2. The number of hydrogen-bond acceptors (Lipinski definition) is 4. The van der Waals surface area contributed by atoms with Gasteiger partial charge in [0.05, 0.1) is 18.5 Å². The first kappa shape index (κ1) is 14.9. The third-order valence-electron chi connectivity index (χ3n) is 6.27. The standard InChI is InChI=1S/C19H20N2O4/c22-13-9-19(25-14-4-2-1-3-11(13)14)6-5-12-16(17(12)19)18(24)21-8-7-20-15(23)10-21/h1-4,12,16-17H,5-10H2,(H,20,23)/t12-,16+,17+,19-/m0/s1. The molecule has 2 amide bonds. The van der Waals surface area contributed by atoms with Gasteiger partial charge in [0, 0.05) is 24.9 Å². The monoisotopic (exact) mass is 340 g/mol. The minimum absolute atomic E-state index is 0.0545. The Kier molecular flexibility index (Phi) is 3.03. The number of fused-ring (bicyclic) bond motifs is 3. The molecule has 0 radical (unpaired) electrons. The lowest BCUT2D eigenvalue weighted by molar-refractivity contribution is -0.140. The summed E-state index contributed by atoms with van der Waals surface area (Å²) in [6.07, 6.45) is 2.10. The Morgan fingerprint density at radius 3 is 2.96 bits per heavy atom. The maximum Gasteiger partial charge on any atom is 0.239 e. The lowest BCUT2D eigenvalue weighted by atomic mass is 9.84. The van der Waals surface area contributed by atoms with Crippen LogP contribution < -0.4 is 10.1 Å². The first-order valence-corrected chi connectivity index (χ1v) is 8.96. The number of ketones is 1. The largest absolute Gasteiger partial charge is 0.486 e. The van der Waals surface area contributed by atoms with Crippen molar-refractivity contribution in [1.82, 2.24) is 10.2 Å². The Morgan fingerprint density at radius 2 is 2.12 bits per heavy atom. The lowest BCUT2D eigenvalue weighted by Crippen LogP contribution is -2.51. The van der Waals surface area contributed by atoms with Gasteiger partial charge >= 0.3 is 0 Å². The highest BCUT2D eigenvalue weighted by molar-refractivity contribution is 6.00. The Bertz CT molecular complexity index is 791. The zero-order chi connectivity index (χ0) is 17.2. The number of ether oxygens (including phenoxy) is 1. The van der Waals surface area contributed by atoms with Crippen molar-refractivity contribution < 1.29 is 19.1 Å². The molecule has 0 bridgehead atoms. The number of hydrogen-bond donors (Lipinski definition) is 1. The molecular formula is C19H20N2O4. The third-order valence-corrected chi connectivity index (χ3v) is 6.27. The topological polar surface area (TPSA) is 75.7 Å². The average Bonchev–Trinajstić information content (AvgIpc) is 3.25. The molecule has 0 aromatic heterocycles. The van der Waals surface area contributed by atoms with E-state index in [1.165, 1.54) is 0 Å². The van der Waals surface area contributed by atoms with Crippen LogP contribution in [0.15, 0.2) is 24.3 Å². The smallest absolute Gasteiger partial charge is 0.239 e. The number of carbonyl (C=O) groups is 3.